The summed E-state index contributed by atoms with van der Waals surface area (Å²) in [6, 6.07) is 0. The number of ketones is 1. The molecule has 1 atom stereocenters. The Morgan fingerprint density at radius 1 is 0.862 bits per heavy atom. The molecule has 0 aromatic carbocycles. The number of ether oxygens (including phenoxy) is 2. The smallest absolute Gasteiger partial charge is 0.407 e. The number of hydrogen-bond donors (Lipinski definition) is 1. The molecule has 5 heteroatoms. The first kappa shape index (κ1) is 27.9. The van der Waals surface area contributed by atoms with E-state index in [1.165, 1.54) is 0 Å². The van der Waals surface area contributed by atoms with E-state index in [0.717, 1.165) is 6.42 Å². The zero-order chi connectivity index (χ0) is 23.0. The molecule has 0 fully saturated rings. The van der Waals surface area contributed by atoms with E-state index in [1.54, 1.807) is 0 Å². The second kappa shape index (κ2) is 11.3. The molecule has 1 N–H and O–H groups in total. The first-order chi connectivity index (χ1) is 13.0. The van der Waals surface area contributed by atoms with Gasteiger partial charge in [-0.2, -0.15) is 0 Å². The predicted molar refractivity (Wildman–Crippen MR) is 120 cm³/mol. The highest BCUT2D eigenvalue weighted by atomic mass is 16.6. The lowest BCUT2D eigenvalue weighted by atomic mass is 9.80. The molecule has 0 bridgehead atoms. The zero-order valence-corrected chi connectivity index (χ0v) is 20.9. The fourth-order valence-electron chi connectivity index (χ4n) is 3.36. The summed E-state index contributed by atoms with van der Waals surface area (Å²) in [5.74, 6) is 1.33. The van der Waals surface area contributed by atoms with Crippen molar-refractivity contribution in [1.29, 1.82) is 0 Å². The van der Waals surface area contributed by atoms with Gasteiger partial charge in [0.1, 0.15) is 11.4 Å². The fraction of sp³-hybridized carbons (Fsp3) is 0.917. The molecule has 0 heterocycles. The molecule has 29 heavy (non-hydrogen) atoms. The maximum Gasteiger partial charge on any atom is 0.407 e. The highest BCUT2D eigenvalue weighted by Gasteiger charge is 2.30. The standard InChI is InChI=1S/C24H47NO4/c1-17(2)19(5)16-24(10,11)29-21(27)25-14-12-23(8,9)28-15-13-22(6,7)20(26)18(3)4/h17-19H,12-16H2,1-11H3,(H,25,27). The molecule has 0 aliphatic heterocycles. The van der Waals surface area contributed by atoms with Gasteiger partial charge in [-0.1, -0.05) is 48.5 Å². The maximum atomic E-state index is 12.3. The minimum absolute atomic E-state index is 0.0287. The molecule has 0 aromatic heterocycles. The van der Waals surface area contributed by atoms with Gasteiger partial charge < -0.3 is 14.8 Å². The lowest BCUT2D eigenvalue weighted by molar-refractivity contribution is -0.132. The molecular formula is C24H47NO4. The fourth-order valence-corrected chi connectivity index (χ4v) is 3.36. The van der Waals surface area contributed by atoms with Gasteiger partial charge in [-0.3, -0.25) is 4.79 Å². The van der Waals surface area contributed by atoms with Gasteiger partial charge >= 0.3 is 6.09 Å². The molecule has 172 valence electrons. The van der Waals surface area contributed by atoms with Gasteiger partial charge in [-0.25, -0.2) is 4.79 Å². The van der Waals surface area contributed by atoms with Crippen molar-refractivity contribution in [3.63, 3.8) is 0 Å². The SMILES string of the molecule is CC(C)C(=O)C(C)(C)CCOC(C)(C)CCNC(=O)OC(C)(C)CC(C)C(C)C. The van der Waals surface area contributed by atoms with E-state index in [2.05, 4.69) is 26.1 Å². The van der Waals surface area contributed by atoms with E-state index in [1.807, 2.05) is 55.4 Å². The number of rotatable bonds is 13. The van der Waals surface area contributed by atoms with Crippen LogP contribution in [0.15, 0.2) is 0 Å². The van der Waals surface area contributed by atoms with Gasteiger partial charge in [-0.15, -0.1) is 0 Å². The third-order valence-corrected chi connectivity index (χ3v) is 5.73. The predicted octanol–water partition coefficient (Wildman–Crippen LogP) is 6.00. The van der Waals surface area contributed by atoms with Crippen LogP contribution in [0, 0.1) is 23.2 Å². The Bertz CT molecular complexity index is 521. The lowest BCUT2D eigenvalue weighted by Gasteiger charge is -2.31. The van der Waals surface area contributed by atoms with Crippen LogP contribution in [0.4, 0.5) is 4.79 Å². The quantitative estimate of drug-likeness (QED) is 0.402. The molecule has 5 nitrogen and oxygen atoms in total. The van der Waals surface area contributed by atoms with Crippen molar-refractivity contribution in [2.45, 2.75) is 107 Å². The highest BCUT2D eigenvalue weighted by Crippen LogP contribution is 2.27. The van der Waals surface area contributed by atoms with Crippen molar-refractivity contribution in [2.24, 2.45) is 23.2 Å². The molecule has 0 rings (SSSR count). The second-order valence-electron chi connectivity index (χ2n) is 11.0. The average Bonchev–Trinajstić information content (AvgIpc) is 2.51. The van der Waals surface area contributed by atoms with Crippen LogP contribution in [0.25, 0.3) is 0 Å². The Kier molecular flexibility index (Phi) is 10.9. The van der Waals surface area contributed by atoms with Crippen molar-refractivity contribution in [3.8, 4) is 0 Å². The van der Waals surface area contributed by atoms with Crippen LogP contribution in [-0.2, 0) is 14.3 Å². The molecule has 0 saturated heterocycles. The van der Waals surface area contributed by atoms with Crippen molar-refractivity contribution >= 4 is 11.9 Å². The molecule has 0 aliphatic carbocycles. The Morgan fingerprint density at radius 2 is 1.41 bits per heavy atom. The largest absolute Gasteiger partial charge is 0.444 e. The van der Waals surface area contributed by atoms with E-state index in [9.17, 15) is 9.59 Å². The Balaban J connectivity index is 4.33. The number of nitrogens with one attached hydrogen (secondary N) is 1. The molecule has 1 unspecified atom stereocenters. The third kappa shape index (κ3) is 11.6. The molecular weight excluding hydrogens is 366 g/mol. The van der Waals surface area contributed by atoms with Crippen molar-refractivity contribution in [3.05, 3.63) is 0 Å². The highest BCUT2D eigenvalue weighted by molar-refractivity contribution is 5.85. The normalized spacial score (nSPS) is 14.2. The van der Waals surface area contributed by atoms with Gasteiger partial charge in [-0.05, 0) is 58.8 Å². The van der Waals surface area contributed by atoms with Crippen molar-refractivity contribution in [1.82, 2.24) is 5.32 Å². The van der Waals surface area contributed by atoms with Crippen LogP contribution >= 0.6 is 0 Å². The van der Waals surface area contributed by atoms with E-state index in [-0.39, 0.29) is 28.8 Å². The summed E-state index contributed by atoms with van der Waals surface area (Å²) in [6.45, 7) is 23.3. The van der Waals surface area contributed by atoms with Gasteiger partial charge in [0.2, 0.25) is 0 Å². The Labute approximate surface area is 179 Å². The van der Waals surface area contributed by atoms with Crippen LogP contribution in [-0.4, -0.2) is 36.2 Å². The molecule has 0 spiro atoms. The van der Waals surface area contributed by atoms with Crippen molar-refractivity contribution < 1.29 is 19.1 Å². The number of Topliss-reactive ketones (excluding diaryl/α,β-unsaturated/α-hetero) is 1. The van der Waals surface area contributed by atoms with Crippen LogP contribution in [0.5, 0.6) is 0 Å². The number of carbonyl (C=O) groups is 2. The maximum absolute atomic E-state index is 12.3. The summed E-state index contributed by atoms with van der Waals surface area (Å²) in [4.78, 5) is 24.4. The van der Waals surface area contributed by atoms with E-state index >= 15 is 0 Å². The van der Waals surface area contributed by atoms with E-state index in [0.29, 0.717) is 37.8 Å². The Hall–Kier alpha value is -1.10. The summed E-state index contributed by atoms with van der Waals surface area (Å²) in [6.07, 6.45) is 1.80. The van der Waals surface area contributed by atoms with Gasteiger partial charge in [0.05, 0.1) is 5.60 Å². The van der Waals surface area contributed by atoms with Gasteiger partial charge in [0, 0.05) is 24.5 Å². The van der Waals surface area contributed by atoms with Gasteiger partial charge in [0.25, 0.3) is 0 Å². The zero-order valence-electron chi connectivity index (χ0n) is 20.9. The Morgan fingerprint density at radius 3 is 1.90 bits per heavy atom. The summed E-state index contributed by atoms with van der Waals surface area (Å²) in [5.41, 5.74) is -1.26. The minimum atomic E-state index is -0.492. The van der Waals surface area contributed by atoms with Crippen molar-refractivity contribution in [2.75, 3.05) is 13.2 Å². The first-order valence-corrected chi connectivity index (χ1v) is 11.1. The topological polar surface area (TPSA) is 64.6 Å². The first-order valence-electron chi connectivity index (χ1n) is 11.1. The van der Waals surface area contributed by atoms with Crippen LogP contribution in [0.1, 0.15) is 95.4 Å². The summed E-state index contributed by atoms with van der Waals surface area (Å²) in [5, 5.41) is 2.84. The summed E-state index contributed by atoms with van der Waals surface area (Å²) in [7, 11) is 0. The molecule has 1 amide bonds. The van der Waals surface area contributed by atoms with Gasteiger partial charge in [0.15, 0.2) is 0 Å². The molecule has 0 aromatic rings. The summed E-state index contributed by atoms with van der Waals surface area (Å²) >= 11 is 0. The number of alkyl carbamates (subject to hydrolysis) is 1. The van der Waals surface area contributed by atoms with Crippen LogP contribution in [0.2, 0.25) is 0 Å². The third-order valence-electron chi connectivity index (χ3n) is 5.73. The van der Waals surface area contributed by atoms with Crippen LogP contribution in [0.3, 0.4) is 0 Å². The molecule has 0 aliphatic rings. The van der Waals surface area contributed by atoms with E-state index < -0.39 is 5.60 Å². The van der Waals surface area contributed by atoms with Crippen LogP contribution < -0.4 is 5.32 Å². The number of hydrogen-bond acceptors (Lipinski definition) is 4. The number of amides is 1. The monoisotopic (exact) mass is 413 g/mol. The minimum Gasteiger partial charge on any atom is -0.444 e. The summed E-state index contributed by atoms with van der Waals surface area (Å²) < 4.78 is 11.6. The number of carbonyl (C=O) groups excluding carboxylic acids is 2. The van der Waals surface area contributed by atoms with E-state index in [4.69, 9.17) is 9.47 Å². The second-order valence-corrected chi connectivity index (χ2v) is 11.0. The molecule has 0 radical (unpaired) electrons. The average molecular weight is 414 g/mol. The molecule has 0 saturated carbocycles. The lowest BCUT2D eigenvalue weighted by Crippen LogP contribution is -2.39.